The molecule has 0 saturated carbocycles. The molecule has 192 valence electrons. The van der Waals surface area contributed by atoms with Crippen molar-refractivity contribution < 1.29 is 14.2 Å². The van der Waals surface area contributed by atoms with Crippen molar-refractivity contribution in [3.05, 3.63) is 112 Å². The van der Waals surface area contributed by atoms with Crippen LogP contribution in [0, 0.1) is 35.4 Å². The van der Waals surface area contributed by atoms with E-state index in [0.717, 1.165) is 11.1 Å². The zero-order valence-corrected chi connectivity index (χ0v) is 21.6. The molecular formula is C31H29FN4O2. The van der Waals surface area contributed by atoms with Crippen LogP contribution in [0.3, 0.4) is 0 Å². The number of nitrogens with one attached hydrogen (secondary N) is 1. The minimum Gasteiger partial charge on any atom is -0.487 e. The summed E-state index contributed by atoms with van der Waals surface area (Å²) in [5.74, 6) is 0.0672. The van der Waals surface area contributed by atoms with E-state index in [9.17, 15) is 9.50 Å². The Morgan fingerprint density at radius 3 is 2.11 bits per heavy atom. The number of hydrogen-bond donors (Lipinski definition) is 2. The van der Waals surface area contributed by atoms with E-state index < -0.39 is 5.82 Å². The number of halogens is 1. The monoisotopic (exact) mass is 508 g/mol. The summed E-state index contributed by atoms with van der Waals surface area (Å²) in [7, 11) is 0. The van der Waals surface area contributed by atoms with Gasteiger partial charge in [-0.1, -0.05) is 44.2 Å². The molecule has 4 rings (SSSR count). The summed E-state index contributed by atoms with van der Waals surface area (Å²) in [5, 5.41) is 31.0. The fourth-order valence-electron chi connectivity index (χ4n) is 3.79. The van der Waals surface area contributed by atoms with Gasteiger partial charge in [0.25, 0.3) is 0 Å². The first kappa shape index (κ1) is 27.9. The fraction of sp³-hybridized carbons (Fsp3) is 0.194. The van der Waals surface area contributed by atoms with Gasteiger partial charge >= 0.3 is 0 Å². The zero-order chi connectivity index (χ0) is 27.5. The summed E-state index contributed by atoms with van der Waals surface area (Å²) in [6.45, 7) is 6.03. The van der Waals surface area contributed by atoms with Crippen LogP contribution >= 0.6 is 0 Å². The van der Waals surface area contributed by atoms with Crippen molar-refractivity contribution in [3.8, 4) is 29.0 Å². The third-order valence-electron chi connectivity index (χ3n) is 5.81. The Morgan fingerprint density at radius 2 is 1.53 bits per heavy atom. The highest BCUT2D eigenvalue weighted by molar-refractivity contribution is 5.67. The number of pyridine rings is 1. The minimum absolute atomic E-state index is 0.240. The third-order valence-corrected chi connectivity index (χ3v) is 5.81. The van der Waals surface area contributed by atoms with E-state index in [4.69, 9.17) is 15.3 Å². The lowest BCUT2D eigenvalue weighted by Gasteiger charge is -2.17. The van der Waals surface area contributed by atoms with Crippen LogP contribution < -0.4 is 10.1 Å². The summed E-state index contributed by atoms with van der Waals surface area (Å²) < 4.78 is 20.8. The lowest BCUT2D eigenvalue weighted by molar-refractivity contribution is 0.256. The van der Waals surface area contributed by atoms with Crippen molar-refractivity contribution in [3.63, 3.8) is 0 Å². The Morgan fingerprint density at radius 1 is 0.921 bits per heavy atom. The molecule has 0 bridgehead atoms. The van der Waals surface area contributed by atoms with E-state index in [1.54, 1.807) is 61.7 Å². The maximum atomic E-state index is 14.8. The molecule has 4 aromatic rings. The average molecular weight is 509 g/mol. The molecule has 0 spiro atoms. The molecule has 0 atom stereocenters. The van der Waals surface area contributed by atoms with E-state index in [-0.39, 0.29) is 19.8 Å². The molecule has 38 heavy (non-hydrogen) atoms. The second-order valence-electron chi connectivity index (χ2n) is 8.17. The first-order valence-electron chi connectivity index (χ1n) is 12.3. The summed E-state index contributed by atoms with van der Waals surface area (Å²) >= 11 is 0. The summed E-state index contributed by atoms with van der Waals surface area (Å²) in [6, 6.07) is 23.1. The minimum atomic E-state index is -0.417. The van der Waals surface area contributed by atoms with Crippen molar-refractivity contribution >= 4 is 5.69 Å². The molecular weight excluding hydrogens is 479 g/mol. The molecule has 0 radical (unpaired) electrons. The summed E-state index contributed by atoms with van der Waals surface area (Å²) in [6.07, 6.45) is 1.64. The predicted molar refractivity (Wildman–Crippen MR) is 146 cm³/mol. The van der Waals surface area contributed by atoms with Crippen molar-refractivity contribution in [2.75, 3.05) is 5.32 Å². The van der Waals surface area contributed by atoms with Gasteiger partial charge in [-0.2, -0.15) is 10.5 Å². The number of hydrogen-bond acceptors (Lipinski definition) is 6. The fourth-order valence-corrected chi connectivity index (χ4v) is 3.79. The van der Waals surface area contributed by atoms with Crippen LogP contribution in [0.5, 0.6) is 5.75 Å². The highest BCUT2D eigenvalue weighted by Crippen LogP contribution is 2.29. The van der Waals surface area contributed by atoms with Crippen LogP contribution in [0.15, 0.2) is 72.9 Å². The number of nitriles is 2. The van der Waals surface area contributed by atoms with Gasteiger partial charge in [-0.3, -0.25) is 4.98 Å². The molecule has 0 aliphatic rings. The van der Waals surface area contributed by atoms with Gasteiger partial charge in [-0.15, -0.1) is 0 Å². The number of ether oxygens (including phenoxy) is 1. The molecule has 2 N–H and O–H groups in total. The SMILES string of the molecule is CC.Cc1ncc(CNc2ccc(-c3ccc(C#N)cc3)cc2F)c(CO)c1OCc1ccc(C#N)cc1. The number of aryl methyl sites for hydroxylation is 1. The van der Waals surface area contributed by atoms with Gasteiger partial charge in [0.15, 0.2) is 0 Å². The Balaban J connectivity index is 0.00000195. The molecule has 1 heterocycles. The van der Waals surface area contributed by atoms with Crippen molar-refractivity contribution in [2.24, 2.45) is 0 Å². The maximum absolute atomic E-state index is 14.8. The maximum Gasteiger partial charge on any atom is 0.146 e. The van der Waals surface area contributed by atoms with Gasteiger partial charge in [-0.05, 0) is 65.6 Å². The molecule has 1 aromatic heterocycles. The quantitative estimate of drug-likeness (QED) is 0.276. The highest BCUT2D eigenvalue weighted by Gasteiger charge is 2.15. The summed E-state index contributed by atoms with van der Waals surface area (Å²) in [4.78, 5) is 4.39. The second kappa shape index (κ2) is 13.5. The largest absolute Gasteiger partial charge is 0.487 e. The smallest absolute Gasteiger partial charge is 0.146 e. The molecule has 0 amide bonds. The molecule has 0 fully saturated rings. The zero-order valence-electron chi connectivity index (χ0n) is 21.6. The molecule has 6 nitrogen and oxygen atoms in total. The summed E-state index contributed by atoms with van der Waals surface area (Å²) in [5.41, 5.74) is 5.73. The van der Waals surface area contributed by atoms with Crippen molar-refractivity contribution in [1.29, 1.82) is 10.5 Å². The molecule has 0 unspecified atom stereocenters. The van der Waals surface area contributed by atoms with E-state index in [0.29, 0.717) is 44.9 Å². The normalized spacial score (nSPS) is 9.97. The average Bonchev–Trinajstić information content (AvgIpc) is 2.97. The third kappa shape index (κ3) is 6.73. The molecule has 0 aliphatic heterocycles. The number of aliphatic hydroxyl groups is 1. The van der Waals surface area contributed by atoms with Gasteiger partial charge in [0.2, 0.25) is 0 Å². The number of aromatic nitrogens is 1. The molecule has 7 heteroatoms. The second-order valence-corrected chi connectivity index (χ2v) is 8.17. The first-order chi connectivity index (χ1) is 18.5. The number of aliphatic hydroxyl groups excluding tert-OH is 1. The van der Waals surface area contributed by atoms with Crippen LogP contribution in [-0.4, -0.2) is 10.1 Å². The lowest BCUT2D eigenvalue weighted by Crippen LogP contribution is -2.09. The van der Waals surface area contributed by atoms with Crippen molar-refractivity contribution in [1.82, 2.24) is 4.98 Å². The van der Waals surface area contributed by atoms with Crippen LogP contribution in [0.25, 0.3) is 11.1 Å². The van der Waals surface area contributed by atoms with Crippen LogP contribution in [0.2, 0.25) is 0 Å². The Bertz CT molecular complexity index is 1450. The highest BCUT2D eigenvalue weighted by atomic mass is 19.1. The topological polar surface area (TPSA) is 102 Å². The van der Waals surface area contributed by atoms with Gasteiger partial charge in [0, 0.05) is 18.3 Å². The number of rotatable bonds is 8. The van der Waals surface area contributed by atoms with E-state index in [1.165, 1.54) is 6.07 Å². The van der Waals surface area contributed by atoms with Crippen LogP contribution in [0.1, 0.15) is 47.4 Å². The van der Waals surface area contributed by atoms with Crippen LogP contribution in [0.4, 0.5) is 10.1 Å². The molecule has 3 aromatic carbocycles. The van der Waals surface area contributed by atoms with Gasteiger partial charge < -0.3 is 15.2 Å². The van der Waals surface area contributed by atoms with Gasteiger partial charge in [0.05, 0.1) is 41.3 Å². The Hall–Kier alpha value is -4.72. The lowest BCUT2D eigenvalue weighted by atomic mass is 10.0. The molecule has 0 aliphatic carbocycles. The van der Waals surface area contributed by atoms with Gasteiger partial charge in [0.1, 0.15) is 18.2 Å². The van der Waals surface area contributed by atoms with E-state index >= 15 is 0 Å². The standard InChI is InChI=1S/C29H23FN4O2.C2H6/c1-19-29(36-18-22-4-2-20(13-31)3-5-22)26(17-35)25(15-33-19)16-34-28-11-10-24(12-27(28)30)23-8-6-21(14-32)7-9-23;1-2/h2-12,15,34-35H,16-18H2,1H3;1-2H3. The number of nitrogens with zero attached hydrogens (tertiary/aromatic N) is 3. The number of anilines is 1. The van der Waals surface area contributed by atoms with Crippen LogP contribution in [-0.2, 0) is 19.8 Å². The predicted octanol–water partition coefficient (Wildman–Crippen LogP) is 6.65. The van der Waals surface area contributed by atoms with E-state index in [1.807, 2.05) is 26.0 Å². The molecule has 0 saturated heterocycles. The number of benzene rings is 3. The van der Waals surface area contributed by atoms with E-state index in [2.05, 4.69) is 22.4 Å². The van der Waals surface area contributed by atoms with Crippen molar-refractivity contribution in [2.45, 2.75) is 40.5 Å². The Kier molecular flexibility index (Phi) is 9.93. The Labute approximate surface area is 222 Å². The first-order valence-corrected chi connectivity index (χ1v) is 12.3. The van der Waals surface area contributed by atoms with Gasteiger partial charge in [-0.25, -0.2) is 4.39 Å².